The van der Waals surface area contributed by atoms with Crippen LogP contribution in [-0.2, 0) is 11.2 Å². The molecular weight excluding hydrogens is 334 g/mol. The van der Waals surface area contributed by atoms with Crippen molar-refractivity contribution < 1.29 is 9.32 Å². The number of benzene rings is 1. The van der Waals surface area contributed by atoms with Crippen molar-refractivity contribution in [2.75, 3.05) is 5.32 Å². The van der Waals surface area contributed by atoms with E-state index in [1.165, 1.54) is 0 Å². The standard InChI is InChI=1S/C16H14ClN3O2S/c17-11-4-1-5-12(10-11)18-14(21)7-2-8-15-19-16(20-22-15)13-6-3-9-23-13/h1,3-6,9-10H,2,7-8H2,(H,18,21). The first kappa shape index (κ1) is 15.7. The second-order valence-electron chi connectivity index (χ2n) is 4.90. The van der Waals surface area contributed by atoms with Gasteiger partial charge in [-0.25, -0.2) is 0 Å². The van der Waals surface area contributed by atoms with E-state index in [4.69, 9.17) is 16.1 Å². The number of nitrogens with zero attached hydrogens (tertiary/aromatic N) is 2. The summed E-state index contributed by atoms with van der Waals surface area (Å²) in [7, 11) is 0. The number of anilines is 1. The molecule has 0 bridgehead atoms. The average Bonchev–Trinajstić information content (AvgIpc) is 3.18. The van der Waals surface area contributed by atoms with E-state index in [9.17, 15) is 4.79 Å². The molecule has 1 N–H and O–H groups in total. The minimum absolute atomic E-state index is 0.0646. The Morgan fingerprint density at radius 3 is 3.00 bits per heavy atom. The van der Waals surface area contributed by atoms with Crippen molar-refractivity contribution in [3.63, 3.8) is 0 Å². The number of carbonyl (C=O) groups is 1. The van der Waals surface area contributed by atoms with Gasteiger partial charge in [0.1, 0.15) is 0 Å². The summed E-state index contributed by atoms with van der Waals surface area (Å²) in [6.07, 6.45) is 1.59. The molecule has 0 aliphatic carbocycles. The number of nitrogens with one attached hydrogen (secondary N) is 1. The smallest absolute Gasteiger partial charge is 0.226 e. The average molecular weight is 348 g/mol. The Morgan fingerprint density at radius 2 is 2.22 bits per heavy atom. The number of aromatic nitrogens is 2. The maximum atomic E-state index is 11.9. The first-order chi connectivity index (χ1) is 11.2. The lowest BCUT2D eigenvalue weighted by Crippen LogP contribution is -2.11. The third-order valence-corrected chi connectivity index (χ3v) is 4.21. The van der Waals surface area contributed by atoms with Gasteiger partial charge in [-0.1, -0.05) is 28.9 Å². The van der Waals surface area contributed by atoms with Crippen LogP contribution in [0.25, 0.3) is 10.7 Å². The highest BCUT2D eigenvalue weighted by atomic mass is 35.5. The number of hydrogen-bond donors (Lipinski definition) is 1. The summed E-state index contributed by atoms with van der Waals surface area (Å²) in [5.74, 6) is 1.08. The Labute approximate surface area is 142 Å². The maximum Gasteiger partial charge on any atom is 0.226 e. The molecule has 2 aromatic heterocycles. The fourth-order valence-electron chi connectivity index (χ4n) is 2.05. The molecule has 118 valence electrons. The molecule has 0 saturated carbocycles. The van der Waals surface area contributed by atoms with Gasteiger partial charge in [-0.2, -0.15) is 4.98 Å². The Hall–Kier alpha value is -2.18. The summed E-state index contributed by atoms with van der Waals surface area (Å²) in [5.41, 5.74) is 0.695. The highest BCUT2D eigenvalue weighted by Gasteiger charge is 2.10. The minimum Gasteiger partial charge on any atom is -0.339 e. The number of rotatable bonds is 6. The molecule has 3 aromatic rings. The molecule has 0 aliphatic rings. The van der Waals surface area contributed by atoms with Crippen molar-refractivity contribution in [1.29, 1.82) is 0 Å². The summed E-state index contributed by atoms with van der Waals surface area (Å²) >= 11 is 7.44. The van der Waals surface area contributed by atoms with Gasteiger partial charge in [-0.15, -0.1) is 11.3 Å². The van der Waals surface area contributed by atoms with Gasteiger partial charge < -0.3 is 9.84 Å². The molecule has 1 amide bonds. The molecule has 0 unspecified atom stereocenters. The van der Waals surface area contributed by atoms with Crippen LogP contribution in [0.1, 0.15) is 18.7 Å². The lowest BCUT2D eigenvalue weighted by molar-refractivity contribution is -0.116. The molecule has 0 radical (unpaired) electrons. The molecule has 2 heterocycles. The van der Waals surface area contributed by atoms with Crippen LogP contribution in [0.2, 0.25) is 5.02 Å². The number of aryl methyl sites for hydroxylation is 1. The van der Waals surface area contributed by atoms with Crippen molar-refractivity contribution in [3.05, 3.63) is 52.7 Å². The van der Waals surface area contributed by atoms with Crippen LogP contribution in [0, 0.1) is 0 Å². The highest BCUT2D eigenvalue weighted by molar-refractivity contribution is 7.13. The quantitative estimate of drug-likeness (QED) is 0.717. The largest absolute Gasteiger partial charge is 0.339 e. The third kappa shape index (κ3) is 4.40. The molecule has 7 heteroatoms. The first-order valence-corrected chi connectivity index (χ1v) is 8.38. The fraction of sp³-hybridized carbons (Fsp3) is 0.188. The Morgan fingerprint density at radius 1 is 1.30 bits per heavy atom. The van der Waals surface area contributed by atoms with E-state index < -0.39 is 0 Å². The number of halogens is 1. The van der Waals surface area contributed by atoms with Crippen LogP contribution in [0.4, 0.5) is 5.69 Å². The zero-order chi connectivity index (χ0) is 16.1. The van der Waals surface area contributed by atoms with E-state index in [0.29, 0.717) is 41.7 Å². The van der Waals surface area contributed by atoms with E-state index >= 15 is 0 Å². The minimum atomic E-state index is -0.0646. The third-order valence-electron chi connectivity index (χ3n) is 3.11. The van der Waals surface area contributed by atoms with Gasteiger partial charge in [-0.05, 0) is 36.1 Å². The highest BCUT2D eigenvalue weighted by Crippen LogP contribution is 2.21. The lowest BCUT2D eigenvalue weighted by Gasteiger charge is -2.04. The normalized spacial score (nSPS) is 10.7. The van der Waals surface area contributed by atoms with Crippen molar-refractivity contribution >= 4 is 34.5 Å². The summed E-state index contributed by atoms with van der Waals surface area (Å²) < 4.78 is 5.20. The van der Waals surface area contributed by atoms with Gasteiger partial charge in [0.25, 0.3) is 0 Å². The van der Waals surface area contributed by atoms with Gasteiger partial charge >= 0.3 is 0 Å². The second-order valence-corrected chi connectivity index (χ2v) is 6.29. The SMILES string of the molecule is O=C(CCCc1nc(-c2cccs2)no1)Nc1cccc(Cl)c1. The molecular formula is C16H14ClN3O2S. The van der Waals surface area contributed by atoms with Gasteiger partial charge in [0, 0.05) is 23.6 Å². The van der Waals surface area contributed by atoms with E-state index in [2.05, 4.69) is 15.5 Å². The number of hydrogen-bond acceptors (Lipinski definition) is 5. The van der Waals surface area contributed by atoms with Gasteiger partial charge in [-0.3, -0.25) is 4.79 Å². The molecule has 0 spiro atoms. The van der Waals surface area contributed by atoms with Crippen molar-refractivity contribution in [1.82, 2.24) is 10.1 Å². The summed E-state index contributed by atoms with van der Waals surface area (Å²) in [6, 6.07) is 11.0. The van der Waals surface area contributed by atoms with Crippen LogP contribution in [0.15, 0.2) is 46.3 Å². The van der Waals surface area contributed by atoms with E-state index in [0.717, 1.165) is 4.88 Å². The van der Waals surface area contributed by atoms with Crippen molar-refractivity contribution in [2.45, 2.75) is 19.3 Å². The van der Waals surface area contributed by atoms with Gasteiger partial charge in [0.15, 0.2) is 0 Å². The monoisotopic (exact) mass is 347 g/mol. The lowest BCUT2D eigenvalue weighted by atomic mass is 10.2. The first-order valence-electron chi connectivity index (χ1n) is 7.12. The summed E-state index contributed by atoms with van der Waals surface area (Å²) in [6.45, 7) is 0. The Balaban J connectivity index is 1.47. The summed E-state index contributed by atoms with van der Waals surface area (Å²) in [4.78, 5) is 17.2. The second kappa shape index (κ2) is 7.39. The zero-order valence-electron chi connectivity index (χ0n) is 12.2. The van der Waals surface area contributed by atoms with Crippen molar-refractivity contribution in [2.24, 2.45) is 0 Å². The van der Waals surface area contributed by atoms with Crippen LogP contribution < -0.4 is 5.32 Å². The molecule has 0 atom stereocenters. The Kier molecular flexibility index (Phi) is 5.05. The van der Waals surface area contributed by atoms with Crippen LogP contribution in [0.5, 0.6) is 0 Å². The molecule has 0 saturated heterocycles. The van der Waals surface area contributed by atoms with Crippen LogP contribution >= 0.6 is 22.9 Å². The van der Waals surface area contributed by atoms with E-state index in [1.54, 1.807) is 35.6 Å². The molecule has 23 heavy (non-hydrogen) atoms. The van der Waals surface area contributed by atoms with Crippen molar-refractivity contribution in [3.8, 4) is 10.7 Å². The van der Waals surface area contributed by atoms with Gasteiger partial charge in [0.2, 0.25) is 17.6 Å². The predicted molar refractivity (Wildman–Crippen MR) is 90.6 cm³/mol. The number of thiophene rings is 1. The summed E-state index contributed by atoms with van der Waals surface area (Å²) in [5, 5.41) is 9.31. The number of carbonyl (C=O) groups excluding carboxylic acids is 1. The molecule has 5 nitrogen and oxygen atoms in total. The number of amides is 1. The zero-order valence-corrected chi connectivity index (χ0v) is 13.7. The molecule has 3 rings (SSSR count). The predicted octanol–water partition coefficient (Wildman–Crippen LogP) is 4.41. The topological polar surface area (TPSA) is 68.0 Å². The van der Waals surface area contributed by atoms with Gasteiger partial charge in [0.05, 0.1) is 4.88 Å². The fourth-order valence-corrected chi connectivity index (χ4v) is 2.89. The maximum absolute atomic E-state index is 11.9. The molecule has 0 aliphatic heterocycles. The Bertz CT molecular complexity index is 786. The molecule has 0 fully saturated rings. The van der Waals surface area contributed by atoms with E-state index in [-0.39, 0.29) is 5.91 Å². The van der Waals surface area contributed by atoms with E-state index in [1.807, 2.05) is 17.5 Å². The van der Waals surface area contributed by atoms with Crippen LogP contribution in [0.3, 0.4) is 0 Å². The molecule has 1 aromatic carbocycles. The van der Waals surface area contributed by atoms with Crippen LogP contribution in [-0.4, -0.2) is 16.0 Å².